The first kappa shape index (κ1) is 19.0. The molecule has 1 amide bonds. The first-order valence-corrected chi connectivity index (χ1v) is 8.40. The van der Waals surface area contributed by atoms with Gasteiger partial charge in [-0.15, -0.1) is 0 Å². The number of ether oxygens (including phenoxy) is 1. The monoisotopic (exact) mass is 443 g/mol. The molecule has 1 aromatic carbocycles. The molecule has 0 unspecified atom stereocenters. The summed E-state index contributed by atoms with van der Waals surface area (Å²) in [7, 11) is 0. The molecule has 3 aromatic rings. The number of nitrogens with zero attached hydrogens (tertiary/aromatic N) is 4. The van der Waals surface area contributed by atoms with Crippen LogP contribution in [0, 0.1) is 0 Å². The summed E-state index contributed by atoms with van der Waals surface area (Å²) < 4.78 is 46.4. The van der Waals surface area contributed by atoms with Gasteiger partial charge in [0.2, 0.25) is 5.91 Å². The topological polar surface area (TPSA) is 74.0 Å². The van der Waals surface area contributed by atoms with Gasteiger partial charge in [-0.3, -0.25) is 9.48 Å². The lowest BCUT2D eigenvalue weighted by Gasteiger charge is -2.06. The Bertz CT molecular complexity index is 921. The molecular weight excluding hydrogens is 431 g/mol. The molecule has 2 heterocycles. The van der Waals surface area contributed by atoms with Crippen LogP contribution in [0.2, 0.25) is 0 Å². The maximum atomic E-state index is 12.5. The Hall–Kier alpha value is -2.82. The molecule has 142 valence electrons. The molecule has 3 rings (SSSR count). The number of hydrogen-bond acceptors (Lipinski definition) is 4. The Morgan fingerprint density at radius 3 is 2.59 bits per heavy atom. The quantitative estimate of drug-likeness (QED) is 0.632. The van der Waals surface area contributed by atoms with E-state index < -0.39 is 17.8 Å². The van der Waals surface area contributed by atoms with E-state index in [0.717, 1.165) is 21.4 Å². The normalized spacial score (nSPS) is 11.4. The van der Waals surface area contributed by atoms with E-state index in [9.17, 15) is 18.0 Å². The number of aromatic nitrogens is 4. The van der Waals surface area contributed by atoms with Gasteiger partial charge in [0.05, 0.1) is 18.1 Å². The summed E-state index contributed by atoms with van der Waals surface area (Å²) in [5.74, 6) is 0.124. The fourth-order valence-corrected chi connectivity index (χ4v) is 2.38. The van der Waals surface area contributed by atoms with Gasteiger partial charge in [0.1, 0.15) is 12.3 Å². The van der Waals surface area contributed by atoms with Crippen LogP contribution >= 0.6 is 15.9 Å². The van der Waals surface area contributed by atoms with E-state index in [1.807, 2.05) is 12.1 Å². The molecule has 11 heteroatoms. The van der Waals surface area contributed by atoms with Crippen LogP contribution in [-0.4, -0.2) is 25.5 Å². The van der Waals surface area contributed by atoms with Gasteiger partial charge in [0, 0.05) is 10.7 Å². The Kier molecular flexibility index (Phi) is 5.49. The highest BCUT2D eigenvalue weighted by atomic mass is 79.9. The fourth-order valence-electron chi connectivity index (χ4n) is 2.12. The van der Waals surface area contributed by atoms with E-state index >= 15 is 0 Å². The van der Waals surface area contributed by atoms with Gasteiger partial charge in [0.25, 0.3) is 0 Å². The van der Waals surface area contributed by atoms with Crippen LogP contribution < -0.4 is 10.1 Å². The van der Waals surface area contributed by atoms with Gasteiger partial charge in [-0.1, -0.05) is 15.9 Å². The molecule has 1 N–H and O–H groups in total. The minimum absolute atomic E-state index is 0.131. The molecule has 7 nitrogen and oxygen atoms in total. The predicted octanol–water partition coefficient (Wildman–Crippen LogP) is 3.54. The number of anilines is 1. The van der Waals surface area contributed by atoms with Crippen molar-refractivity contribution in [3.63, 3.8) is 0 Å². The molecule has 0 aliphatic carbocycles. The summed E-state index contributed by atoms with van der Waals surface area (Å²) >= 11 is 3.33. The van der Waals surface area contributed by atoms with Crippen molar-refractivity contribution in [2.24, 2.45) is 0 Å². The summed E-state index contributed by atoms with van der Waals surface area (Å²) in [6.07, 6.45) is -0.496. The van der Waals surface area contributed by atoms with E-state index in [2.05, 4.69) is 31.4 Å². The van der Waals surface area contributed by atoms with Gasteiger partial charge < -0.3 is 10.1 Å². The second-order valence-corrected chi connectivity index (χ2v) is 6.36. The zero-order valence-corrected chi connectivity index (χ0v) is 15.2. The lowest BCUT2D eigenvalue weighted by molar-refractivity contribution is -0.141. The van der Waals surface area contributed by atoms with Crippen molar-refractivity contribution in [1.29, 1.82) is 0 Å². The molecule has 0 fully saturated rings. The number of nitrogens with one attached hydrogen (secondary N) is 1. The maximum absolute atomic E-state index is 12.5. The van der Waals surface area contributed by atoms with Crippen molar-refractivity contribution < 1.29 is 22.7 Å². The van der Waals surface area contributed by atoms with Crippen molar-refractivity contribution in [3.8, 4) is 5.75 Å². The van der Waals surface area contributed by atoms with E-state index in [1.165, 1.54) is 10.9 Å². The van der Waals surface area contributed by atoms with Crippen LogP contribution in [-0.2, 0) is 24.2 Å². The van der Waals surface area contributed by atoms with E-state index in [0.29, 0.717) is 11.4 Å². The minimum atomic E-state index is -4.54. The Morgan fingerprint density at radius 2 is 1.93 bits per heavy atom. The molecule has 0 saturated carbocycles. The maximum Gasteiger partial charge on any atom is 0.435 e. The molecule has 0 bridgehead atoms. The summed E-state index contributed by atoms with van der Waals surface area (Å²) in [4.78, 5) is 11.9. The van der Waals surface area contributed by atoms with Crippen molar-refractivity contribution in [2.75, 3.05) is 5.32 Å². The largest absolute Gasteiger partial charge is 0.471 e. The van der Waals surface area contributed by atoms with E-state index in [-0.39, 0.29) is 13.3 Å². The Labute approximate surface area is 159 Å². The number of benzene rings is 1. The van der Waals surface area contributed by atoms with Crippen molar-refractivity contribution in [2.45, 2.75) is 19.5 Å². The van der Waals surface area contributed by atoms with Crippen molar-refractivity contribution in [1.82, 2.24) is 19.6 Å². The van der Waals surface area contributed by atoms with Gasteiger partial charge in [-0.2, -0.15) is 23.4 Å². The van der Waals surface area contributed by atoms with Crippen LogP contribution in [0.3, 0.4) is 0 Å². The molecule has 0 atom stereocenters. The van der Waals surface area contributed by atoms with Crippen LogP contribution in [0.15, 0.2) is 53.4 Å². The highest BCUT2D eigenvalue weighted by Crippen LogP contribution is 2.27. The van der Waals surface area contributed by atoms with Gasteiger partial charge in [-0.25, -0.2) is 4.68 Å². The number of carbonyl (C=O) groups excluding carboxylic acids is 1. The molecule has 2 aromatic heterocycles. The fraction of sp³-hybridized carbons (Fsp3) is 0.188. The average molecular weight is 444 g/mol. The second kappa shape index (κ2) is 7.82. The lowest BCUT2D eigenvalue weighted by atomic mass is 10.3. The van der Waals surface area contributed by atoms with Crippen LogP contribution in [0.5, 0.6) is 5.75 Å². The first-order valence-electron chi connectivity index (χ1n) is 7.61. The number of alkyl halides is 3. The molecule has 27 heavy (non-hydrogen) atoms. The molecule has 0 aliphatic heterocycles. The van der Waals surface area contributed by atoms with Crippen LogP contribution in [0.25, 0.3) is 0 Å². The number of hydrogen-bond donors (Lipinski definition) is 1. The number of halogens is 4. The molecule has 0 radical (unpaired) electrons. The Morgan fingerprint density at radius 1 is 1.19 bits per heavy atom. The molecule has 0 aliphatic rings. The number of amides is 1. The third kappa shape index (κ3) is 5.33. The second-order valence-electron chi connectivity index (χ2n) is 5.44. The van der Waals surface area contributed by atoms with E-state index in [4.69, 9.17) is 4.74 Å². The SMILES string of the molecule is O=C(Cn1ccc(C(F)(F)F)n1)Nc1cnn(COc2ccc(Br)cc2)c1. The van der Waals surface area contributed by atoms with Crippen molar-refractivity contribution >= 4 is 27.5 Å². The molecule has 0 saturated heterocycles. The van der Waals surface area contributed by atoms with Gasteiger partial charge in [-0.05, 0) is 30.3 Å². The van der Waals surface area contributed by atoms with Gasteiger partial charge in [0.15, 0.2) is 12.4 Å². The van der Waals surface area contributed by atoms with Crippen LogP contribution in [0.1, 0.15) is 5.69 Å². The van der Waals surface area contributed by atoms with Gasteiger partial charge >= 0.3 is 6.18 Å². The minimum Gasteiger partial charge on any atom is -0.471 e. The van der Waals surface area contributed by atoms with Crippen molar-refractivity contribution in [3.05, 3.63) is 59.1 Å². The summed E-state index contributed by atoms with van der Waals surface area (Å²) in [6.45, 7) is -0.220. The van der Waals surface area contributed by atoms with E-state index in [1.54, 1.807) is 18.3 Å². The highest BCUT2D eigenvalue weighted by Gasteiger charge is 2.33. The predicted molar refractivity (Wildman–Crippen MR) is 92.9 cm³/mol. The zero-order valence-electron chi connectivity index (χ0n) is 13.7. The molecule has 0 spiro atoms. The summed E-state index contributed by atoms with van der Waals surface area (Å²) in [5, 5.41) is 9.90. The standard InChI is InChI=1S/C16H13BrF3N5O2/c17-11-1-3-13(4-2-11)27-10-25-8-12(7-21-25)22-15(26)9-24-6-5-14(23-24)16(18,19)20/h1-8H,9-10H2,(H,22,26). The summed E-state index contributed by atoms with van der Waals surface area (Å²) in [6, 6.07) is 8.06. The summed E-state index contributed by atoms with van der Waals surface area (Å²) in [5.41, 5.74) is -0.657. The zero-order chi connectivity index (χ0) is 19.4. The number of carbonyl (C=O) groups is 1. The first-order chi connectivity index (χ1) is 12.8. The third-order valence-corrected chi connectivity index (χ3v) is 3.86. The highest BCUT2D eigenvalue weighted by molar-refractivity contribution is 9.10. The van der Waals surface area contributed by atoms with Crippen LogP contribution in [0.4, 0.5) is 18.9 Å². The Balaban J connectivity index is 1.51. The smallest absolute Gasteiger partial charge is 0.435 e. The average Bonchev–Trinajstić information content (AvgIpc) is 3.23. The molecular formula is C16H13BrF3N5O2. The number of rotatable bonds is 6. The lowest BCUT2D eigenvalue weighted by Crippen LogP contribution is -2.19. The third-order valence-electron chi connectivity index (χ3n) is 3.33.